The van der Waals surface area contributed by atoms with Crippen molar-refractivity contribution < 1.29 is 14.0 Å². The molecule has 2 aromatic rings. The third-order valence-corrected chi connectivity index (χ3v) is 5.84. The highest BCUT2D eigenvalue weighted by atomic mass is 35.5. The zero-order valence-corrected chi connectivity index (χ0v) is 19.1. The summed E-state index contributed by atoms with van der Waals surface area (Å²) < 4.78 is 14.2. The lowest BCUT2D eigenvalue weighted by atomic mass is 10.1. The topological polar surface area (TPSA) is 49.4 Å². The summed E-state index contributed by atoms with van der Waals surface area (Å²) in [6, 6.07) is 8.42. The molecule has 2 rings (SSSR count). The summed E-state index contributed by atoms with van der Waals surface area (Å²) in [6.45, 7) is 4.15. The van der Waals surface area contributed by atoms with Crippen molar-refractivity contribution >= 4 is 46.6 Å². The lowest BCUT2D eigenvalue weighted by Crippen LogP contribution is -2.48. The highest BCUT2D eigenvalue weighted by Gasteiger charge is 2.28. The smallest absolute Gasteiger partial charge is 0.242 e. The number of hydrogen-bond donors (Lipinski definition) is 1. The van der Waals surface area contributed by atoms with Crippen molar-refractivity contribution in [1.29, 1.82) is 0 Å². The fourth-order valence-corrected chi connectivity index (χ4v) is 3.67. The van der Waals surface area contributed by atoms with Crippen LogP contribution in [0.4, 0.5) is 4.39 Å². The molecule has 2 aromatic carbocycles. The predicted octanol–water partition coefficient (Wildman–Crippen LogP) is 5.66. The normalized spacial score (nSPS) is 11.8. The average molecular weight is 474 g/mol. The number of benzene rings is 2. The van der Waals surface area contributed by atoms with E-state index in [1.54, 1.807) is 25.1 Å². The zero-order chi connectivity index (χ0) is 22.3. The highest BCUT2D eigenvalue weighted by Crippen LogP contribution is 2.27. The molecular formula is C22H24Cl3FN2O2. The molecule has 8 heteroatoms. The molecule has 0 bridgehead atoms. The van der Waals surface area contributed by atoms with Crippen LogP contribution in [-0.2, 0) is 22.6 Å². The number of halogens is 4. The van der Waals surface area contributed by atoms with Crippen LogP contribution in [-0.4, -0.2) is 29.3 Å². The van der Waals surface area contributed by atoms with Crippen molar-refractivity contribution in [2.45, 2.75) is 45.7 Å². The second-order valence-electron chi connectivity index (χ2n) is 6.92. The van der Waals surface area contributed by atoms with Gasteiger partial charge in [-0.15, -0.1) is 0 Å². The number of rotatable bonds is 9. The summed E-state index contributed by atoms with van der Waals surface area (Å²) >= 11 is 18.6. The van der Waals surface area contributed by atoms with Gasteiger partial charge in [0.15, 0.2) is 0 Å². The molecule has 0 aliphatic carbocycles. The number of nitrogens with zero attached hydrogens (tertiary/aromatic N) is 1. The molecule has 0 spiro atoms. The maximum atomic E-state index is 14.2. The van der Waals surface area contributed by atoms with Gasteiger partial charge in [-0.25, -0.2) is 4.39 Å². The lowest BCUT2D eigenvalue weighted by Gasteiger charge is -2.29. The van der Waals surface area contributed by atoms with E-state index in [-0.39, 0.29) is 29.5 Å². The number of carbonyl (C=O) groups excluding carboxylic acids is 2. The molecule has 0 fully saturated rings. The van der Waals surface area contributed by atoms with Crippen LogP contribution in [0, 0.1) is 5.82 Å². The molecule has 0 radical (unpaired) electrons. The van der Waals surface area contributed by atoms with Gasteiger partial charge in [0.1, 0.15) is 11.9 Å². The van der Waals surface area contributed by atoms with E-state index >= 15 is 0 Å². The van der Waals surface area contributed by atoms with Crippen LogP contribution in [0.25, 0.3) is 0 Å². The fourth-order valence-electron chi connectivity index (χ4n) is 2.93. The Hall–Kier alpha value is -1.82. The summed E-state index contributed by atoms with van der Waals surface area (Å²) in [6.07, 6.45) is 1.46. The Labute approximate surface area is 191 Å². The van der Waals surface area contributed by atoms with Gasteiger partial charge in [0.2, 0.25) is 11.8 Å². The molecule has 1 N–H and O–H groups in total. The molecule has 0 heterocycles. The minimum atomic E-state index is -0.813. The van der Waals surface area contributed by atoms with Crippen molar-refractivity contribution in [3.05, 3.63) is 68.4 Å². The second kappa shape index (κ2) is 11.5. The highest BCUT2D eigenvalue weighted by molar-refractivity contribution is 6.36. The molecule has 1 atom stereocenters. The first kappa shape index (κ1) is 24.4. The Bertz CT molecular complexity index is 867. The first-order valence-corrected chi connectivity index (χ1v) is 10.8. The summed E-state index contributed by atoms with van der Waals surface area (Å²) in [7, 11) is 0. The van der Waals surface area contributed by atoms with E-state index in [0.29, 0.717) is 22.2 Å². The number of amides is 2. The van der Waals surface area contributed by atoms with Crippen molar-refractivity contribution in [3.63, 3.8) is 0 Å². The van der Waals surface area contributed by atoms with Crippen LogP contribution < -0.4 is 5.32 Å². The van der Waals surface area contributed by atoms with Crippen molar-refractivity contribution in [2.75, 3.05) is 6.54 Å². The van der Waals surface area contributed by atoms with Gasteiger partial charge in [0.05, 0.1) is 6.42 Å². The molecular weight excluding hydrogens is 450 g/mol. The van der Waals surface area contributed by atoms with Gasteiger partial charge in [-0.2, -0.15) is 0 Å². The van der Waals surface area contributed by atoms with Crippen LogP contribution >= 0.6 is 34.8 Å². The predicted molar refractivity (Wildman–Crippen MR) is 120 cm³/mol. The van der Waals surface area contributed by atoms with Crippen LogP contribution in [0.2, 0.25) is 15.1 Å². The Morgan fingerprint density at radius 1 is 1.03 bits per heavy atom. The monoisotopic (exact) mass is 472 g/mol. The molecule has 0 unspecified atom stereocenters. The number of nitrogens with one attached hydrogen (secondary N) is 1. The third kappa shape index (κ3) is 6.34. The van der Waals surface area contributed by atoms with Crippen LogP contribution in [0.3, 0.4) is 0 Å². The molecule has 0 aliphatic heterocycles. The van der Waals surface area contributed by atoms with E-state index in [9.17, 15) is 14.0 Å². The second-order valence-corrected chi connectivity index (χ2v) is 8.14. The molecule has 2 amide bonds. The van der Waals surface area contributed by atoms with Gasteiger partial charge < -0.3 is 10.2 Å². The molecule has 4 nitrogen and oxygen atoms in total. The van der Waals surface area contributed by atoms with Crippen LogP contribution in [0.5, 0.6) is 0 Å². The molecule has 0 aromatic heterocycles. The van der Waals surface area contributed by atoms with Crippen molar-refractivity contribution in [1.82, 2.24) is 10.2 Å². The van der Waals surface area contributed by atoms with Crippen LogP contribution in [0.15, 0.2) is 36.4 Å². The summed E-state index contributed by atoms with van der Waals surface area (Å²) in [4.78, 5) is 27.1. The van der Waals surface area contributed by atoms with E-state index in [1.807, 2.05) is 6.92 Å². The van der Waals surface area contributed by atoms with E-state index in [1.165, 1.54) is 23.1 Å². The summed E-state index contributed by atoms with van der Waals surface area (Å²) in [5, 5.41) is 3.73. The van der Waals surface area contributed by atoms with Gasteiger partial charge in [0, 0.05) is 39.3 Å². The van der Waals surface area contributed by atoms with Gasteiger partial charge in [-0.1, -0.05) is 60.3 Å². The van der Waals surface area contributed by atoms with Gasteiger partial charge >= 0.3 is 0 Å². The first-order chi connectivity index (χ1) is 14.3. The quantitative estimate of drug-likeness (QED) is 0.478. The minimum absolute atomic E-state index is 0.00573. The first-order valence-electron chi connectivity index (χ1n) is 9.69. The molecule has 0 saturated heterocycles. The largest absolute Gasteiger partial charge is 0.354 e. The maximum absolute atomic E-state index is 14.2. The minimum Gasteiger partial charge on any atom is -0.354 e. The van der Waals surface area contributed by atoms with Gasteiger partial charge in [-0.3, -0.25) is 9.59 Å². The summed E-state index contributed by atoms with van der Waals surface area (Å²) in [5.74, 6) is -1.35. The Balaban J connectivity index is 2.32. The molecule has 0 saturated carbocycles. The third-order valence-electron chi connectivity index (χ3n) is 4.78. The van der Waals surface area contributed by atoms with Crippen molar-refractivity contribution in [3.8, 4) is 0 Å². The Kier molecular flexibility index (Phi) is 9.40. The average Bonchev–Trinajstić information content (AvgIpc) is 2.70. The molecule has 162 valence electrons. The Morgan fingerprint density at radius 3 is 2.17 bits per heavy atom. The van der Waals surface area contributed by atoms with Gasteiger partial charge in [0.25, 0.3) is 0 Å². The number of hydrogen-bond acceptors (Lipinski definition) is 2. The van der Waals surface area contributed by atoms with Crippen molar-refractivity contribution in [2.24, 2.45) is 0 Å². The number of unbranched alkanes of at least 4 members (excludes halogenated alkanes) is 1. The SMILES string of the molecule is CCCCNC(=O)[C@@H](C)N(Cc1c(Cl)cccc1Cl)C(=O)Cc1c(F)cccc1Cl. The zero-order valence-electron chi connectivity index (χ0n) is 16.9. The fraction of sp³-hybridized carbons (Fsp3) is 0.364. The van der Waals surface area contributed by atoms with E-state index in [4.69, 9.17) is 34.8 Å². The Morgan fingerprint density at radius 2 is 1.60 bits per heavy atom. The van der Waals surface area contributed by atoms with E-state index in [2.05, 4.69) is 5.32 Å². The molecule has 0 aliphatic rings. The molecule has 30 heavy (non-hydrogen) atoms. The standard InChI is InChI=1S/C22H24Cl3FN2O2/c1-3-4-11-27-22(30)14(2)28(13-16-18(24)7-5-8-19(16)25)21(29)12-15-17(23)9-6-10-20(15)26/h5-10,14H,3-4,11-13H2,1-2H3,(H,27,30)/t14-/m1/s1. The van der Waals surface area contributed by atoms with E-state index in [0.717, 1.165) is 12.8 Å². The number of carbonyl (C=O) groups is 2. The lowest BCUT2D eigenvalue weighted by molar-refractivity contribution is -0.140. The van der Waals surface area contributed by atoms with Gasteiger partial charge in [-0.05, 0) is 37.6 Å². The summed E-state index contributed by atoms with van der Waals surface area (Å²) in [5.41, 5.74) is 0.597. The van der Waals surface area contributed by atoms with Crippen LogP contribution in [0.1, 0.15) is 37.8 Å². The van der Waals surface area contributed by atoms with E-state index < -0.39 is 17.8 Å². The maximum Gasteiger partial charge on any atom is 0.242 e.